The van der Waals surface area contributed by atoms with Gasteiger partial charge in [-0.15, -0.1) is 11.8 Å². The fourth-order valence-corrected chi connectivity index (χ4v) is 3.62. The van der Waals surface area contributed by atoms with Gasteiger partial charge in [0.05, 0.1) is 23.3 Å². The van der Waals surface area contributed by atoms with Crippen LogP contribution in [0.4, 0.5) is 11.4 Å². The number of hydrogen-bond donors (Lipinski definition) is 1. The minimum Gasteiger partial charge on any atom is -0.495 e. The summed E-state index contributed by atoms with van der Waals surface area (Å²) in [5, 5.41) is 13.8. The monoisotopic (exact) mass is 394 g/mol. The van der Waals surface area contributed by atoms with E-state index in [2.05, 4.69) is 5.32 Å². The summed E-state index contributed by atoms with van der Waals surface area (Å²) in [5.74, 6) is 0.731. The molecule has 3 aromatic rings. The van der Waals surface area contributed by atoms with Gasteiger partial charge in [-0.2, -0.15) is 0 Å². The van der Waals surface area contributed by atoms with E-state index in [0.717, 1.165) is 16.2 Å². The molecule has 142 valence electrons. The van der Waals surface area contributed by atoms with Crippen molar-refractivity contribution in [3.63, 3.8) is 0 Å². The van der Waals surface area contributed by atoms with Crippen molar-refractivity contribution in [3.8, 4) is 5.75 Å². The minimum atomic E-state index is -0.515. The van der Waals surface area contributed by atoms with Gasteiger partial charge in [-0.1, -0.05) is 42.5 Å². The number of nitro groups is 1. The zero-order chi connectivity index (χ0) is 19.9. The van der Waals surface area contributed by atoms with Crippen molar-refractivity contribution < 1.29 is 14.5 Å². The third kappa shape index (κ3) is 4.69. The third-order valence-corrected chi connectivity index (χ3v) is 5.16. The second kappa shape index (κ2) is 9.05. The van der Waals surface area contributed by atoms with Crippen LogP contribution in [0.25, 0.3) is 0 Å². The molecule has 0 spiro atoms. The summed E-state index contributed by atoms with van der Waals surface area (Å²) in [4.78, 5) is 24.2. The summed E-state index contributed by atoms with van der Waals surface area (Å²) in [5.41, 5.74) is 1.78. The van der Waals surface area contributed by atoms with E-state index in [-0.39, 0.29) is 17.3 Å². The van der Waals surface area contributed by atoms with Crippen LogP contribution in [-0.4, -0.2) is 17.9 Å². The van der Waals surface area contributed by atoms with E-state index < -0.39 is 4.92 Å². The van der Waals surface area contributed by atoms with Gasteiger partial charge in [0, 0.05) is 22.8 Å². The van der Waals surface area contributed by atoms with Crippen molar-refractivity contribution in [2.24, 2.45) is 0 Å². The quantitative estimate of drug-likeness (QED) is 0.340. The van der Waals surface area contributed by atoms with Crippen molar-refractivity contribution in [1.29, 1.82) is 0 Å². The normalized spacial score (nSPS) is 10.3. The summed E-state index contributed by atoms with van der Waals surface area (Å²) in [6.45, 7) is 0. The van der Waals surface area contributed by atoms with Gasteiger partial charge in [0.2, 0.25) is 0 Å². The number of carbonyl (C=O) groups is 1. The van der Waals surface area contributed by atoms with Crippen molar-refractivity contribution in [1.82, 2.24) is 0 Å². The number of nitrogens with zero attached hydrogens (tertiary/aromatic N) is 1. The summed E-state index contributed by atoms with van der Waals surface area (Å²) >= 11 is 1.56. The first-order valence-electron chi connectivity index (χ1n) is 8.48. The molecule has 0 aliphatic heterocycles. The molecule has 0 unspecified atom stereocenters. The van der Waals surface area contributed by atoms with Gasteiger partial charge in [-0.05, 0) is 23.8 Å². The molecule has 3 rings (SSSR count). The average Bonchev–Trinajstić information content (AvgIpc) is 2.73. The highest BCUT2D eigenvalue weighted by molar-refractivity contribution is 7.98. The molecule has 1 N–H and O–H groups in total. The molecular weight excluding hydrogens is 376 g/mol. The fourth-order valence-electron chi connectivity index (χ4n) is 2.61. The van der Waals surface area contributed by atoms with E-state index in [1.807, 2.05) is 42.5 Å². The van der Waals surface area contributed by atoms with Gasteiger partial charge < -0.3 is 10.1 Å². The van der Waals surface area contributed by atoms with E-state index >= 15 is 0 Å². The van der Waals surface area contributed by atoms with Gasteiger partial charge in [-0.3, -0.25) is 14.9 Å². The van der Waals surface area contributed by atoms with E-state index in [9.17, 15) is 14.9 Å². The number of hydrogen-bond acceptors (Lipinski definition) is 5. The van der Waals surface area contributed by atoms with E-state index in [1.165, 1.54) is 25.3 Å². The van der Waals surface area contributed by atoms with Crippen LogP contribution in [-0.2, 0) is 5.75 Å². The van der Waals surface area contributed by atoms with Crippen molar-refractivity contribution in [3.05, 3.63) is 94.0 Å². The van der Waals surface area contributed by atoms with Crippen LogP contribution >= 0.6 is 11.8 Å². The maximum Gasteiger partial charge on any atom is 0.271 e. The summed E-state index contributed by atoms with van der Waals surface area (Å²) in [6, 6.07) is 21.3. The van der Waals surface area contributed by atoms with Crippen molar-refractivity contribution in [2.75, 3.05) is 12.4 Å². The number of nitro benzene ring substituents is 1. The molecule has 0 radical (unpaired) electrons. The number of methoxy groups -OCH3 is 1. The van der Waals surface area contributed by atoms with Crippen molar-refractivity contribution >= 4 is 29.0 Å². The molecule has 0 saturated heterocycles. The number of benzene rings is 3. The Labute approximate surface area is 166 Å². The zero-order valence-corrected chi connectivity index (χ0v) is 15.9. The van der Waals surface area contributed by atoms with E-state index in [0.29, 0.717) is 11.3 Å². The number of nitrogens with one attached hydrogen (secondary N) is 1. The lowest BCUT2D eigenvalue weighted by molar-refractivity contribution is -0.384. The lowest BCUT2D eigenvalue weighted by atomic mass is 10.2. The Morgan fingerprint density at radius 2 is 1.79 bits per heavy atom. The second-order valence-electron chi connectivity index (χ2n) is 5.87. The molecule has 0 bridgehead atoms. The Morgan fingerprint density at radius 1 is 1.07 bits per heavy atom. The summed E-state index contributed by atoms with van der Waals surface area (Å²) < 4.78 is 5.21. The molecule has 0 fully saturated rings. The largest absolute Gasteiger partial charge is 0.495 e. The van der Waals surface area contributed by atoms with Gasteiger partial charge in [0.15, 0.2) is 0 Å². The lowest BCUT2D eigenvalue weighted by Crippen LogP contribution is -2.14. The predicted octanol–water partition coefficient (Wildman–Crippen LogP) is 5.15. The minimum absolute atomic E-state index is 0.122. The Balaban J connectivity index is 1.82. The molecule has 0 aliphatic rings. The van der Waals surface area contributed by atoms with Gasteiger partial charge in [0.25, 0.3) is 11.6 Å². The number of anilines is 1. The highest BCUT2D eigenvalue weighted by Crippen LogP contribution is 2.31. The molecule has 6 nitrogen and oxygen atoms in total. The number of non-ortho nitro benzene ring substituents is 1. The predicted molar refractivity (Wildman–Crippen MR) is 110 cm³/mol. The van der Waals surface area contributed by atoms with Gasteiger partial charge >= 0.3 is 0 Å². The maximum atomic E-state index is 12.8. The Kier molecular flexibility index (Phi) is 6.29. The molecule has 1 amide bonds. The van der Waals surface area contributed by atoms with Crippen molar-refractivity contribution in [2.45, 2.75) is 10.6 Å². The molecule has 0 atom stereocenters. The summed E-state index contributed by atoms with van der Waals surface area (Å²) in [7, 11) is 1.44. The number of carbonyl (C=O) groups excluding carboxylic acids is 1. The first-order valence-corrected chi connectivity index (χ1v) is 9.46. The van der Waals surface area contributed by atoms with Gasteiger partial charge in [0.1, 0.15) is 5.75 Å². The highest BCUT2D eigenvalue weighted by atomic mass is 32.2. The number of ether oxygens (including phenoxy) is 1. The average molecular weight is 394 g/mol. The van der Waals surface area contributed by atoms with Crippen LogP contribution in [0.15, 0.2) is 77.7 Å². The Morgan fingerprint density at radius 3 is 2.50 bits per heavy atom. The molecule has 3 aromatic carbocycles. The van der Waals surface area contributed by atoms with E-state index in [1.54, 1.807) is 23.9 Å². The SMILES string of the molecule is COc1ccc([N+](=O)[O-])cc1NC(=O)c1ccccc1SCc1ccccc1. The molecule has 0 saturated carbocycles. The zero-order valence-electron chi connectivity index (χ0n) is 15.1. The maximum absolute atomic E-state index is 12.8. The lowest BCUT2D eigenvalue weighted by Gasteiger charge is -2.12. The Hall–Kier alpha value is -3.32. The van der Waals surface area contributed by atoms with Gasteiger partial charge in [-0.25, -0.2) is 0 Å². The molecule has 7 heteroatoms. The summed E-state index contributed by atoms with van der Waals surface area (Å²) in [6.07, 6.45) is 0. The highest BCUT2D eigenvalue weighted by Gasteiger charge is 2.17. The number of amides is 1. The first-order chi connectivity index (χ1) is 13.6. The topological polar surface area (TPSA) is 81.5 Å². The molecule has 0 aliphatic carbocycles. The van der Waals surface area contributed by atoms with Crippen LogP contribution in [0.1, 0.15) is 15.9 Å². The second-order valence-corrected chi connectivity index (χ2v) is 6.88. The molecule has 28 heavy (non-hydrogen) atoms. The standard InChI is InChI=1S/C21H18N2O4S/c1-27-19-12-11-16(23(25)26)13-18(19)22-21(24)17-9-5-6-10-20(17)28-14-15-7-3-2-4-8-15/h2-13H,14H2,1H3,(H,22,24). The Bertz CT molecular complexity index is 993. The van der Waals surface area contributed by atoms with Crippen LogP contribution in [0.5, 0.6) is 5.75 Å². The number of rotatable bonds is 7. The van der Waals surface area contributed by atoms with Crippen LogP contribution in [0.3, 0.4) is 0 Å². The van der Waals surface area contributed by atoms with E-state index in [4.69, 9.17) is 4.74 Å². The fraction of sp³-hybridized carbons (Fsp3) is 0.0952. The third-order valence-electron chi connectivity index (χ3n) is 4.01. The molecular formula is C21H18N2O4S. The molecule has 0 aromatic heterocycles. The van der Waals surface area contributed by atoms with Crippen LogP contribution < -0.4 is 10.1 Å². The smallest absolute Gasteiger partial charge is 0.271 e. The first kappa shape index (κ1) is 19.4. The van der Waals surface area contributed by atoms with Crippen LogP contribution in [0.2, 0.25) is 0 Å². The molecule has 0 heterocycles. The van der Waals surface area contributed by atoms with Crippen LogP contribution in [0, 0.1) is 10.1 Å². The number of thioether (sulfide) groups is 1.